The number of para-hydroxylation sites is 2. The van der Waals surface area contributed by atoms with Crippen molar-refractivity contribution in [3.63, 3.8) is 0 Å². The van der Waals surface area contributed by atoms with Crippen molar-refractivity contribution in [1.29, 1.82) is 0 Å². The number of anilines is 1. The molecule has 0 aliphatic carbocycles. The van der Waals surface area contributed by atoms with Crippen LogP contribution in [-0.2, 0) is 26.0 Å². The van der Waals surface area contributed by atoms with Crippen LogP contribution in [0.3, 0.4) is 0 Å². The number of carbonyl (C=O) groups is 2. The molecule has 5 aromatic rings. The number of hydrogen-bond donors (Lipinski definition) is 4. The number of benzene rings is 3. The second kappa shape index (κ2) is 11.6. The van der Waals surface area contributed by atoms with Crippen LogP contribution < -0.4 is 10.0 Å². The van der Waals surface area contributed by atoms with Crippen LogP contribution in [0.5, 0.6) is 0 Å². The van der Waals surface area contributed by atoms with Crippen LogP contribution in [0.1, 0.15) is 34.7 Å². The maximum atomic E-state index is 13.7. The molecular weight excluding hydrogens is 614 g/mol. The Hall–Kier alpha value is -4.57. The lowest BCUT2D eigenvalue weighted by Gasteiger charge is -2.17. The molecule has 1 aliphatic heterocycles. The minimum Gasteiger partial charge on any atom is -0.475 e. The van der Waals surface area contributed by atoms with Crippen LogP contribution in [0.25, 0.3) is 21.3 Å². The number of carbonyl (C=O) groups excluding carboxylic acids is 1. The van der Waals surface area contributed by atoms with Crippen molar-refractivity contribution in [1.82, 2.24) is 19.7 Å². The van der Waals surface area contributed by atoms with Gasteiger partial charge in [-0.05, 0) is 41.8 Å². The van der Waals surface area contributed by atoms with Crippen molar-refractivity contribution in [3.05, 3.63) is 89.5 Å². The number of H-pyrrole nitrogens is 1. The molecule has 0 radical (unpaired) electrons. The van der Waals surface area contributed by atoms with E-state index in [1.807, 2.05) is 41.1 Å². The summed E-state index contributed by atoms with van der Waals surface area (Å²) < 4.78 is 72.8. The van der Waals surface area contributed by atoms with E-state index in [0.717, 1.165) is 27.1 Å². The Morgan fingerprint density at radius 3 is 2.40 bits per heavy atom. The molecule has 0 unspecified atom stereocenters. The lowest BCUT2D eigenvalue weighted by atomic mass is 10.0. The van der Waals surface area contributed by atoms with E-state index in [2.05, 4.69) is 15.3 Å². The number of hydrogen-bond acceptors (Lipinski definition) is 8. The maximum absolute atomic E-state index is 13.7. The molecule has 10 nitrogen and oxygen atoms in total. The van der Waals surface area contributed by atoms with E-state index >= 15 is 0 Å². The van der Waals surface area contributed by atoms with Crippen molar-refractivity contribution in [2.75, 3.05) is 5.32 Å². The van der Waals surface area contributed by atoms with E-state index in [9.17, 15) is 30.8 Å². The monoisotopic (exact) mass is 635 g/mol. The van der Waals surface area contributed by atoms with Gasteiger partial charge in [-0.1, -0.05) is 47.7 Å². The zero-order valence-corrected chi connectivity index (χ0v) is 23.4. The number of carboxylic acid groups (broad SMARTS) is 1. The number of carboxylic acids is 1. The molecule has 1 fully saturated rings. The fourth-order valence-corrected chi connectivity index (χ4v) is 6.74. The molecule has 0 saturated carbocycles. The number of aromatic nitrogens is 3. The smallest absolute Gasteiger partial charge is 0.475 e. The highest BCUT2D eigenvalue weighted by atomic mass is 32.2. The molecule has 1 saturated heterocycles. The minimum atomic E-state index is -5.08. The number of imidazole rings is 1. The maximum Gasteiger partial charge on any atom is 0.490 e. The zero-order chi connectivity index (χ0) is 30.9. The largest absolute Gasteiger partial charge is 0.490 e. The highest BCUT2D eigenvalue weighted by molar-refractivity contribution is 7.90. The molecule has 0 spiro atoms. The van der Waals surface area contributed by atoms with Crippen molar-refractivity contribution < 1.29 is 40.7 Å². The lowest BCUT2D eigenvalue weighted by Crippen LogP contribution is -2.21. The number of fused-ring (bicyclic) bond motifs is 2. The molecule has 1 aliphatic rings. The second-order valence-corrected chi connectivity index (χ2v) is 12.4. The van der Waals surface area contributed by atoms with E-state index in [1.54, 1.807) is 18.2 Å². The summed E-state index contributed by atoms with van der Waals surface area (Å²) in [6.07, 6.45) is -4.64. The predicted molar refractivity (Wildman–Crippen MR) is 150 cm³/mol. The van der Waals surface area contributed by atoms with Crippen molar-refractivity contribution >= 4 is 59.6 Å². The average Bonchev–Trinajstić information content (AvgIpc) is 3.62. The Morgan fingerprint density at radius 1 is 1.07 bits per heavy atom. The van der Waals surface area contributed by atoms with Gasteiger partial charge < -0.3 is 15.4 Å². The van der Waals surface area contributed by atoms with E-state index in [1.165, 1.54) is 23.5 Å². The number of thiazole rings is 1. The molecule has 3 heterocycles. The van der Waals surface area contributed by atoms with E-state index in [0.29, 0.717) is 22.6 Å². The molecule has 224 valence electrons. The van der Waals surface area contributed by atoms with Crippen LogP contribution in [-0.4, -0.2) is 46.5 Å². The van der Waals surface area contributed by atoms with Gasteiger partial charge in [0, 0.05) is 6.07 Å². The van der Waals surface area contributed by atoms with Gasteiger partial charge in [0.15, 0.2) is 5.13 Å². The van der Waals surface area contributed by atoms with Gasteiger partial charge in [0.1, 0.15) is 16.9 Å². The summed E-state index contributed by atoms with van der Waals surface area (Å²) >= 11 is 1.43. The molecular formula is C27H21F4N5O5S2. The number of aliphatic carboxylic acids is 1. The number of nitrogens with one attached hydrogen (secondary N) is 3. The molecule has 3 aromatic carbocycles. The molecule has 2 atom stereocenters. The van der Waals surface area contributed by atoms with Crippen LogP contribution in [0, 0.1) is 5.82 Å². The fraction of sp³-hybridized carbons (Fsp3) is 0.185. The topological polar surface area (TPSA) is 154 Å². The first-order valence-corrected chi connectivity index (χ1v) is 14.9. The van der Waals surface area contributed by atoms with Crippen molar-refractivity contribution in [3.8, 4) is 0 Å². The first-order chi connectivity index (χ1) is 20.3. The molecule has 0 bridgehead atoms. The summed E-state index contributed by atoms with van der Waals surface area (Å²) in [5, 5.41) is 10.3. The van der Waals surface area contributed by atoms with E-state index < -0.39 is 33.3 Å². The van der Waals surface area contributed by atoms with E-state index in [-0.39, 0.29) is 18.3 Å². The third-order valence-corrected chi connectivity index (χ3v) is 9.09. The molecule has 6 rings (SSSR count). The van der Waals surface area contributed by atoms with Gasteiger partial charge in [-0.3, -0.25) is 9.52 Å². The summed E-state index contributed by atoms with van der Waals surface area (Å²) in [6, 6.07) is 19.2. The van der Waals surface area contributed by atoms with Gasteiger partial charge in [0.05, 0.1) is 33.7 Å². The summed E-state index contributed by atoms with van der Waals surface area (Å²) in [5.41, 5.74) is 3.84. The number of sulfonamides is 1. The van der Waals surface area contributed by atoms with Crippen molar-refractivity contribution in [2.24, 2.45) is 0 Å². The van der Waals surface area contributed by atoms with Gasteiger partial charge in [-0.25, -0.2) is 27.6 Å². The normalized spacial score (nSPS) is 16.8. The molecule has 16 heteroatoms. The number of rotatable bonds is 6. The van der Waals surface area contributed by atoms with Gasteiger partial charge in [-0.15, -0.1) is 0 Å². The third-order valence-electron chi connectivity index (χ3n) is 6.42. The number of alkyl halides is 3. The number of nitrogens with zero attached hydrogens (tertiary/aromatic N) is 2. The summed E-state index contributed by atoms with van der Waals surface area (Å²) in [7, 11) is -3.70. The number of halogens is 4. The van der Waals surface area contributed by atoms with Crippen LogP contribution in [0.4, 0.5) is 22.7 Å². The quantitative estimate of drug-likeness (QED) is 0.185. The Labute approximate surface area is 244 Å². The Morgan fingerprint density at radius 2 is 1.77 bits per heavy atom. The molecule has 43 heavy (non-hydrogen) atoms. The molecule has 1 amide bonds. The number of aromatic amines is 1. The first kappa shape index (κ1) is 29.9. The lowest BCUT2D eigenvalue weighted by molar-refractivity contribution is -0.192. The average molecular weight is 636 g/mol. The van der Waals surface area contributed by atoms with Gasteiger partial charge in [0.2, 0.25) is 15.9 Å². The number of amides is 1. The van der Waals surface area contributed by atoms with Gasteiger partial charge in [0.25, 0.3) is 0 Å². The van der Waals surface area contributed by atoms with Crippen molar-refractivity contribution in [2.45, 2.75) is 30.3 Å². The summed E-state index contributed by atoms with van der Waals surface area (Å²) in [4.78, 5) is 33.2. The standard InChI is InChI=1S/C25H20FN5O3S2.C2HF3O2/c26-16-9-10-21-19(12-16)29-25(35-21)30-20(24-27-17-3-1-2-4-18(17)28-24)11-14-5-7-15(8-6-14)22-13-23(32)31-36(22,33)34;3-2(4,5)1(6)7/h1-10,12,20,22H,11,13H2,(H,27,28)(H,29,30)(H,31,32);(H,6,7)/t20-,22+;/m0./s1. The Balaban J connectivity index is 0.000000472. The highest BCUT2D eigenvalue weighted by Gasteiger charge is 2.38. The van der Waals surface area contributed by atoms with Crippen LogP contribution in [0.2, 0.25) is 0 Å². The van der Waals surface area contributed by atoms with E-state index in [4.69, 9.17) is 14.9 Å². The first-order valence-electron chi connectivity index (χ1n) is 12.5. The Bertz CT molecular complexity index is 1890. The minimum absolute atomic E-state index is 0.0803. The van der Waals surface area contributed by atoms with Crippen LogP contribution in [0.15, 0.2) is 66.7 Å². The molecule has 2 aromatic heterocycles. The molecule has 4 N–H and O–H groups in total. The summed E-state index contributed by atoms with van der Waals surface area (Å²) in [5.74, 6) is -2.87. The van der Waals surface area contributed by atoms with Gasteiger partial charge >= 0.3 is 12.1 Å². The SMILES string of the molecule is O=C(O)C(F)(F)F.O=C1C[C@H](c2ccc(C[C@H](Nc3nc4cc(F)ccc4s3)c3nc4ccccc4[nH]3)cc2)S(=O)(=O)N1. The highest BCUT2D eigenvalue weighted by Crippen LogP contribution is 2.33. The second-order valence-electron chi connectivity index (χ2n) is 9.48. The predicted octanol–water partition coefficient (Wildman–Crippen LogP) is 5.23. The zero-order valence-electron chi connectivity index (χ0n) is 21.7. The fourth-order valence-electron chi connectivity index (χ4n) is 4.42. The Kier molecular flexibility index (Phi) is 8.07. The van der Waals surface area contributed by atoms with Crippen LogP contribution >= 0.6 is 11.3 Å². The third kappa shape index (κ3) is 6.91. The summed E-state index contributed by atoms with van der Waals surface area (Å²) in [6.45, 7) is 0. The van der Waals surface area contributed by atoms with Gasteiger partial charge in [-0.2, -0.15) is 13.2 Å².